The van der Waals surface area contributed by atoms with Gasteiger partial charge in [-0.1, -0.05) is 53.2 Å². The molecule has 5 rings (SSSR count). The summed E-state index contributed by atoms with van der Waals surface area (Å²) in [6.07, 6.45) is 0. The van der Waals surface area contributed by atoms with E-state index in [4.69, 9.17) is 16.1 Å². The van der Waals surface area contributed by atoms with Gasteiger partial charge in [0.25, 0.3) is 0 Å². The summed E-state index contributed by atoms with van der Waals surface area (Å²) in [6, 6.07) is 19.2. The van der Waals surface area contributed by atoms with Crippen LogP contribution in [0.25, 0.3) is 22.4 Å². The largest absolute Gasteiger partial charge is 0.324 e. The number of halogens is 1. The number of carbonyl (C=O) groups is 1. The molecule has 0 unspecified atom stereocenters. The van der Waals surface area contributed by atoms with Gasteiger partial charge in [-0.3, -0.25) is 0 Å². The Bertz CT molecular complexity index is 1240. The second kappa shape index (κ2) is 8.23. The van der Waals surface area contributed by atoms with Crippen LogP contribution in [0.2, 0.25) is 5.02 Å². The number of anilines is 2. The van der Waals surface area contributed by atoms with E-state index in [0.717, 1.165) is 10.9 Å². The van der Waals surface area contributed by atoms with Crippen LogP contribution in [0, 0.1) is 0 Å². The zero-order valence-electron chi connectivity index (χ0n) is 16.5. The van der Waals surface area contributed by atoms with Gasteiger partial charge in [0.15, 0.2) is 0 Å². The van der Waals surface area contributed by atoms with Crippen LogP contribution in [0.5, 0.6) is 0 Å². The molecule has 0 radical (unpaired) electrons. The Labute approximate surface area is 183 Å². The van der Waals surface area contributed by atoms with Crippen LogP contribution < -0.4 is 10.2 Å². The van der Waals surface area contributed by atoms with Gasteiger partial charge in [-0.2, -0.15) is 4.98 Å². The molecule has 2 amide bonds. The van der Waals surface area contributed by atoms with Gasteiger partial charge in [-0.25, -0.2) is 9.78 Å². The number of benzene rings is 2. The fourth-order valence-electron chi connectivity index (χ4n) is 3.50. The van der Waals surface area contributed by atoms with E-state index in [9.17, 15) is 4.79 Å². The third kappa shape index (κ3) is 4.02. The molecule has 1 aliphatic heterocycles. The Balaban J connectivity index is 1.23. The number of pyridine rings is 1. The van der Waals surface area contributed by atoms with E-state index < -0.39 is 0 Å². The minimum absolute atomic E-state index is 0.181. The number of piperazine rings is 1. The Morgan fingerprint density at radius 2 is 1.71 bits per heavy atom. The summed E-state index contributed by atoms with van der Waals surface area (Å²) in [5.74, 6) is 0.444. The number of amides is 2. The molecular weight excluding hydrogens is 416 g/mol. The third-order valence-corrected chi connectivity index (χ3v) is 5.53. The summed E-state index contributed by atoms with van der Waals surface area (Å²) in [7, 11) is 0. The van der Waals surface area contributed by atoms with Gasteiger partial charge >= 0.3 is 12.0 Å². The van der Waals surface area contributed by atoms with Crippen LogP contribution in [-0.4, -0.2) is 52.2 Å². The summed E-state index contributed by atoms with van der Waals surface area (Å²) >= 11 is 6.12. The van der Waals surface area contributed by atoms with E-state index in [1.54, 1.807) is 17.0 Å². The maximum Gasteiger partial charge on any atom is 0.324 e. The fraction of sp³-hybridized carbons (Fsp3) is 0.182. The highest BCUT2D eigenvalue weighted by molar-refractivity contribution is 6.33. The quantitative estimate of drug-likeness (QED) is 0.517. The normalized spacial score (nSPS) is 14.1. The lowest BCUT2D eigenvalue weighted by molar-refractivity contribution is 0.206. The molecule has 2 aromatic carbocycles. The molecule has 0 atom stereocenters. The standard InChI is InChI=1S/C22H19ClN6O2/c23-16-6-2-4-8-18(16)25-21(30)28-11-13-29(14-12-28)22-26-20(27-31-22)19-10-9-15-5-1-3-7-17(15)24-19/h1-10H,11-14H2,(H,25,30). The summed E-state index contributed by atoms with van der Waals surface area (Å²) in [4.78, 5) is 25.4. The minimum Gasteiger partial charge on any atom is -0.321 e. The first-order valence-corrected chi connectivity index (χ1v) is 10.3. The van der Waals surface area contributed by atoms with Gasteiger partial charge in [0.05, 0.1) is 16.2 Å². The average Bonchev–Trinajstić information content (AvgIpc) is 3.31. The topological polar surface area (TPSA) is 87.4 Å². The summed E-state index contributed by atoms with van der Waals surface area (Å²) in [5, 5.41) is 8.51. The van der Waals surface area contributed by atoms with E-state index in [1.807, 2.05) is 53.4 Å². The van der Waals surface area contributed by atoms with Gasteiger partial charge < -0.3 is 19.6 Å². The minimum atomic E-state index is -0.181. The van der Waals surface area contributed by atoms with Gasteiger partial charge in [-0.15, -0.1) is 0 Å². The number of hydrogen-bond acceptors (Lipinski definition) is 6. The predicted octanol–water partition coefficient (Wildman–Crippen LogP) is 4.29. The maximum atomic E-state index is 12.5. The monoisotopic (exact) mass is 434 g/mol. The maximum absolute atomic E-state index is 12.5. The molecular formula is C22H19ClN6O2. The first-order valence-electron chi connectivity index (χ1n) is 9.93. The molecule has 1 saturated heterocycles. The SMILES string of the molecule is O=C(Nc1ccccc1Cl)N1CCN(c2nc(-c3ccc4ccccc4n3)no2)CC1. The molecule has 0 bridgehead atoms. The molecule has 0 spiro atoms. The number of hydrogen-bond donors (Lipinski definition) is 1. The number of nitrogens with zero attached hydrogens (tertiary/aromatic N) is 5. The van der Waals surface area contributed by atoms with Crippen molar-refractivity contribution in [3.8, 4) is 11.5 Å². The van der Waals surface area contributed by atoms with E-state index in [-0.39, 0.29) is 6.03 Å². The average molecular weight is 435 g/mol. The van der Waals surface area contributed by atoms with Crippen molar-refractivity contribution >= 4 is 40.2 Å². The molecule has 4 aromatic rings. The van der Waals surface area contributed by atoms with Crippen molar-refractivity contribution < 1.29 is 9.32 Å². The molecule has 1 N–H and O–H groups in total. The van der Waals surface area contributed by atoms with Crippen molar-refractivity contribution in [2.24, 2.45) is 0 Å². The number of carbonyl (C=O) groups excluding carboxylic acids is 1. The van der Waals surface area contributed by atoms with E-state index in [0.29, 0.717) is 54.4 Å². The molecule has 1 aliphatic rings. The first kappa shape index (κ1) is 19.3. The summed E-state index contributed by atoms with van der Waals surface area (Å²) in [5.41, 5.74) is 2.14. The lowest BCUT2D eigenvalue weighted by Crippen LogP contribution is -2.50. The highest BCUT2D eigenvalue weighted by atomic mass is 35.5. The number of rotatable bonds is 3. The lowest BCUT2D eigenvalue weighted by Gasteiger charge is -2.33. The van der Waals surface area contributed by atoms with Crippen LogP contribution in [0.1, 0.15) is 0 Å². The Kier molecular flexibility index (Phi) is 5.13. The van der Waals surface area contributed by atoms with Crippen LogP contribution in [0.4, 0.5) is 16.5 Å². The van der Waals surface area contributed by atoms with Crippen LogP contribution >= 0.6 is 11.6 Å². The third-order valence-electron chi connectivity index (χ3n) is 5.20. The van der Waals surface area contributed by atoms with Crippen molar-refractivity contribution in [1.29, 1.82) is 0 Å². The van der Waals surface area contributed by atoms with Crippen molar-refractivity contribution in [3.05, 3.63) is 65.7 Å². The second-order valence-electron chi connectivity index (χ2n) is 7.17. The van der Waals surface area contributed by atoms with E-state index >= 15 is 0 Å². The predicted molar refractivity (Wildman–Crippen MR) is 119 cm³/mol. The molecule has 3 heterocycles. The smallest absolute Gasteiger partial charge is 0.321 e. The highest BCUT2D eigenvalue weighted by Gasteiger charge is 2.25. The van der Waals surface area contributed by atoms with Crippen molar-refractivity contribution in [2.45, 2.75) is 0 Å². The summed E-state index contributed by atoms with van der Waals surface area (Å²) in [6.45, 7) is 2.23. The van der Waals surface area contributed by atoms with Gasteiger partial charge in [-0.05, 0) is 24.3 Å². The molecule has 1 fully saturated rings. The molecule has 0 aliphatic carbocycles. The Hall–Kier alpha value is -3.65. The highest BCUT2D eigenvalue weighted by Crippen LogP contribution is 2.23. The Morgan fingerprint density at radius 1 is 0.935 bits per heavy atom. The Morgan fingerprint density at radius 3 is 2.55 bits per heavy atom. The van der Waals surface area contributed by atoms with Crippen molar-refractivity contribution in [2.75, 3.05) is 36.4 Å². The molecule has 31 heavy (non-hydrogen) atoms. The molecule has 9 heteroatoms. The molecule has 156 valence electrons. The summed E-state index contributed by atoms with van der Waals surface area (Å²) < 4.78 is 5.47. The van der Waals surface area contributed by atoms with E-state index in [2.05, 4.69) is 20.4 Å². The van der Waals surface area contributed by atoms with Crippen LogP contribution in [0.3, 0.4) is 0 Å². The fourth-order valence-corrected chi connectivity index (χ4v) is 3.68. The van der Waals surface area contributed by atoms with Crippen LogP contribution in [0.15, 0.2) is 65.2 Å². The van der Waals surface area contributed by atoms with Gasteiger partial charge in [0, 0.05) is 31.6 Å². The zero-order valence-corrected chi connectivity index (χ0v) is 17.3. The van der Waals surface area contributed by atoms with Gasteiger partial charge in [0.2, 0.25) is 5.82 Å². The van der Waals surface area contributed by atoms with E-state index in [1.165, 1.54) is 0 Å². The number of nitrogens with one attached hydrogen (secondary N) is 1. The molecule has 8 nitrogen and oxygen atoms in total. The lowest BCUT2D eigenvalue weighted by atomic mass is 10.2. The van der Waals surface area contributed by atoms with Crippen molar-refractivity contribution in [3.63, 3.8) is 0 Å². The number of urea groups is 1. The number of fused-ring (bicyclic) bond motifs is 1. The number of para-hydroxylation sites is 2. The van der Waals surface area contributed by atoms with Crippen molar-refractivity contribution in [1.82, 2.24) is 20.0 Å². The second-order valence-corrected chi connectivity index (χ2v) is 7.58. The molecule has 2 aromatic heterocycles. The first-order chi connectivity index (χ1) is 15.2. The number of aromatic nitrogens is 3. The molecule has 0 saturated carbocycles. The zero-order chi connectivity index (χ0) is 21.2. The van der Waals surface area contributed by atoms with Gasteiger partial charge in [0.1, 0.15) is 5.69 Å². The van der Waals surface area contributed by atoms with Crippen LogP contribution in [-0.2, 0) is 0 Å².